The Hall–Kier alpha value is -2.42. The molecule has 0 atom stereocenters. The number of guanidine groups is 1. The fraction of sp³-hybridized carbons (Fsp3) is 0.714. The second-order valence-electron chi connectivity index (χ2n) is 8.21. The number of hydrogen-bond acceptors (Lipinski definition) is 6. The lowest BCUT2D eigenvalue weighted by Crippen LogP contribution is -2.51. The maximum atomic E-state index is 12.6. The topological polar surface area (TPSA) is 89.0 Å². The monoisotopic (exact) mass is 416 g/mol. The summed E-state index contributed by atoms with van der Waals surface area (Å²) in [6.07, 6.45) is 6.20. The van der Waals surface area contributed by atoms with Gasteiger partial charge < -0.3 is 25.3 Å². The van der Waals surface area contributed by atoms with Gasteiger partial charge in [-0.25, -0.2) is 9.97 Å². The summed E-state index contributed by atoms with van der Waals surface area (Å²) in [5.41, 5.74) is 0. The summed E-state index contributed by atoms with van der Waals surface area (Å²) in [6.45, 7) is 10.3. The minimum atomic E-state index is 0.178. The van der Waals surface area contributed by atoms with E-state index in [1.807, 2.05) is 11.0 Å². The van der Waals surface area contributed by atoms with Crippen molar-refractivity contribution in [2.75, 3.05) is 57.8 Å². The molecule has 2 saturated heterocycles. The minimum Gasteiger partial charge on any atom is -0.356 e. The van der Waals surface area contributed by atoms with Gasteiger partial charge in [-0.05, 0) is 32.8 Å². The van der Waals surface area contributed by atoms with Crippen molar-refractivity contribution in [3.05, 3.63) is 18.5 Å². The molecule has 0 radical (unpaired) electrons. The largest absolute Gasteiger partial charge is 0.356 e. The zero-order valence-corrected chi connectivity index (χ0v) is 18.5. The van der Waals surface area contributed by atoms with Crippen LogP contribution in [0.3, 0.4) is 0 Å². The van der Waals surface area contributed by atoms with E-state index in [-0.39, 0.29) is 5.91 Å². The van der Waals surface area contributed by atoms with Crippen LogP contribution in [-0.2, 0) is 4.79 Å². The van der Waals surface area contributed by atoms with Crippen molar-refractivity contribution < 1.29 is 4.79 Å². The van der Waals surface area contributed by atoms with Gasteiger partial charge in [0, 0.05) is 83.8 Å². The van der Waals surface area contributed by atoms with Gasteiger partial charge in [-0.3, -0.25) is 9.79 Å². The van der Waals surface area contributed by atoms with Crippen LogP contribution in [0.2, 0.25) is 0 Å². The number of aliphatic imine (C=N–C) groups is 1. The van der Waals surface area contributed by atoms with E-state index >= 15 is 0 Å². The van der Waals surface area contributed by atoms with Crippen LogP contribution in [0.15, 0.2) is 23.5 Å². The van der Waals surface area contributed by atoms with Crippen molar-refractivity contribution in [1.29, 1.82) is 0 Å². The van der Waals surface area contributed by atoms with E-state index in [0.717, 1.165) is 50.9 Å². The summed E-state index contributed by atoms with van der Waals surface area (Å²) in [5.74, 6) is 1.70. The molecule has 0 saturated carbocycles. The number of anilines is 1. The second-order valence-corrected chi connectivity index (χ2v) is 8.21. The Morgan fingerprint density at radius 2 is 1.80 bits per heavy atom. The number of hydrogen-bond donors (Lipinski definition) is 2. The molecule has 166 valence electrons. The highest BCUT2D eigenvalue weighted by atomic mass is 16.2. The van der Waals surface area contributed by atoms with Crippen LogP contribution < -0.4 is 15.5 Å². The van der Waals surface area contributed by atoms with E-state index in [2.05, 4.69) is 49.2 Å². The van der Waals surface area contributed by atoms with Gasteiger partial charge in [0.1, 0.15) is 0 Å². The lowest BCUT2D eigenvalue weighted by molar-refractivity contribution is -0.131. The number of piperidine rings is 1. The van der Waals surface area contributed by atoms with Gasteiger partial charge in [-0.1, -0.05) is 0 Å². The molecule has 2 aliphatic rings. The highest BCUT2D eigenvalue weighted by Crippen LogP contribution is 2.13. The van der Waals surface area contributed by atoms with Crippen molar-refractivity contribution in [3.8, 4) is 0 Å². The first-order chi connectivity index (χ1) is 14.6. The molecular weight excluding hydrogens is 380 g/mol. The number of aromatic nitrogens is 2. The van der Waals surface area contributed by atoms with Crippen molar-refractivity contribution in [1.82, 2.24) is 30.4 Å². The third-order valence-electron chi connectivity index (χ3n) is 5.92. The van der Waals surface area contributed by atoms with Gasteiger partial charge in [0.05, 0.1) is 0 Å². The molecule has 2 aliphatic heterocycles. The normalized spacial score (nSPS) is 19.3. The molecule has 1 amide bonds. The highest BCUT2D eigenvalue weighted by molar-refractivity contribution is 5.81. The van der Waals surface area contributed by atoms with E-state index in [1.165, 1.54) is 0 Å². The first kappa shape index (κ1) is 22.3. The molecule has 9 nitrogen and oxygen atoms in total. The maximum absolute atomic E-state index is 12.6. The quantitative estimate of drug-likeness (QED) is 0.517. The van der Waals surface area contributed by atoms with E-state index in [1.54, 1.807) is 19.4 Å². The SMILES string of the molecule is CN=C(NCCC(=O)N1CCN(c2ncccn2)CC1)NC1CCN(C(C)C)CC1. The fourth-order valence-electron chi connectivity index (χ4n) is 4.00. The van der Waals surface area contributed by atoms with Crippen LogP contribution in [0.1, 0.15) is 33.1 Å². The zero-order chi connectivity index (χ0) is 21.3. The minimum absolute atomic E-state index is 0.178. The summed E-state index contributed by atoms with van der Waals surface area (Å²) in [5, 5.41) is 6.81. The number of carbonyl (C=O) groups excluding carboxylic acids is 1. The highest BCUT2D eigenvalue weighted by Gasteiger charge is 2.23. The first-order valence-corrected chi connectivity index (χ1v) is 11.1. The number of nitrogens with one attached hydrogen (secondary N) is 2. The molecule has 0 unspecified atom stereocenters. The van der Waals surface area contributed by atoms with Crippen LogP contribution >= 0.6 is 0 Å². The van der Waals surface area contributed by atoms with E-state index < -0.39 is 0 Å². The molecule has 1 aromatic rings. The Bertz CT molecular complexity index is 680. The first-order valence-electron chi connectivity index (χ1n) is 11.1. The molecule has 2 N–H and O–H groups in total. The Labute approximate surface area is 179 Å². The predicted octanol–water partition coefficient (Wildman–Crippen LogP) is 0.553. The Balaban J connectivity index is 1.34. The predicted molar refractivity (Wildman–Crippen MR) is 120 cm³/mol. The van der Waals surface area contributed by atoms with Crippen LogP contribution in [-0.4, -0.2) is 96.6 Å². The van der Waals surface area contributed by atoms with E-state index in [0.29, 0.717) is 38.1 Å². The maximum Gasteiger partial charge on any atom is 0.225 e. The number of rotatable bonds is 6. The second kappa shape index (κ2) is 11.1. The van der Waals surface area contributed by atoms with Crippen molar-refractivity contribution in [2.24, 2.45) is 4.99 Å². The summed E-state index contributed by atoms with van der Waals surface area (Å²) < 4.78 is 0. The van der Waals surface area contributed by atoms with Gasteiger partial charge in [0.25, 0.3) is 0 Å². The van der Waals surface area contributed by atoms with Gasteiger partial charge >= 0.3 is 0 Å². The fourth-order valence-corrected chi connectivity index (χ4v) is 4.00. The van der Waals surface area contributed by atoms with Crippen LogP contribution in [0.25, 0.3) is 0 Å². The molecule has 1 aromatic heterocycles. The van der Waals surface area contributed by atoms with Crippen LogP contribution in [0.4, 0.5) is 5.95 Å². The lowest BCUT2D eigenvalue weighted by atomic mass is 10.0. The molecule has 0 spiro atoms. The number of likely N-dealkylation sites (tertiary alicyclic amines) is 1. The zero-order valence-electron chi connectivity index (χ0n) is 18.5. The summed E-state index contributed by atoms with van der Waals surface area (Å²) in [7, 11) is 1.78. The third kappa shape index (κ3) is 6.29. The standard InChI is InChI=1S/C21H36N8O/c1-17(2)27-11-6-18(7-12-27)26-20(22-3)23-10-5-19(30)28-13-15-29(16-14-28)21-24-8-4-9-25-21/h4,8-9,17-18H,5-7,10-16H2,1-3H3,(H2,22,23,26). The molecule has 0 aliphatic carbocycles. The summed E-state index contributed by atoms with van der Waals surface area (Å²) in [6, 6.07) is 2.86. The average Bonchev–Trinajstić information content (AvgIpc) is 2.79. The summed E-state index contributed by atoms with van der Waals surface area (Å²) >= 11 is 0. The Morgan fingerprint density at radius 1 is 1.13 bits per heavy atom. The lowest BCUT2D eigenvalue weighted by Gasteiger charge is -2.35. The molecule has 2 fully saturated rings. The molecule has 0 aromatic carbocycles. The van der Waals surface area contributed by atoms with Crippen molar-refractivity contribution in [3.63, 3.8) is 0 Å². The van der Waals surface area contributed by atoms with Gasteiger partial charge in [-0.15, -0.1) is 0 Å². The van der Waals surface area contributed by atoms with E-state index in [9.17, 15) is 4.79 Å². The van der Waals surface area contributed by atoms with Crippen molar-refractivity contribution in [2.45, 2.75) is 45.2 Å². The number of carbonyl (C=O) groups is 1. The van der Waals surface area contributed by atoms with Gasteiger partial charge in [-0.2, -0.15) is 0 Å². The van der Waals surface area contributed by atoms with Crippen LogP contribution in [0.5, 0.6) is 0 Å². The smallest absolute Gasteiger partial charge is 0.225 e. The number of nitrogens with zero attached hydrogens (tertiary/aromatic N) is 6. The molecular formula is C21H36N8O. The summed E-state index contributed by atoms with van der Waals surface area (Å²) in [4.78, 5) is 32.0. The average molecular weight is 417 g/mol. The Kier molecular flexibility index (Phi) is 8.24. The van der Waals surface area contributed by atoms with Crippen molar-refractivity contribution >= 4 is 17.8 Å². The number of amides is 1. The molecule has 9 heteroatoms. The Morgan fingerprint density at radius 3 is 2.40 bits per heavy atom. The molecule has 30 heavy (non-hydrogen) atoms. The van der Waals surface area contributed by atoms with Crippen LogP contribution in [0, 0.1) is 0 Å². The molecule has 3 rings (SSSR count). The van der Waals surface area contributed by atoms with Gasteiger partial charge in [0.2, 0.25) is 11.9 Å². The molecule has 0 bridgehead atoms. The van der Waals surface area contributed by atoms with E-state index in [4.69, 9.17) is 0 Å². The number of piperazine rings is 1. The molecule has 3 heterocycles. The van der Waals surface area contributed by atoms with Gasteiger partial charge in [0.15, 0.2) is 5.96 Å². The third-order valence-corrected chi connectivity index (χ3v) is 5.92.